The Labute approximate surface area is 84.9 Å². The Morgan fingerprint density at radius 2 is 2.21 bits per heavy atom. The van der Waals surface area contributed by atoms with Crippen molar-refractivity contribution in [2.24, 2.45) is 0 Å². The summed E-state index contributed by atoms with van der Waals surface area (Å²) in [5, 5.41) is 16.9. The van der Waals surface area contributed by atoms with Crippen molar-refractivity contribution >= 4 is 0 Å². The molecule has 0 aliphatic rings. The van der Waals surface area contributed by atoms with Crippen molar-refractivity contribution in [1.29, 1.82) is 0 Å². The first kappa shape index (κ1) is 11.2. The molecule has 0 spiro atoms. The Morgan fingerprint density at radius 1 is 1.50 bits per heavy atom. The standard InChI is InChI=1S/C10H19N3O/c1-10(2,3)11-7-9(14)8-13-6-4-5-12-13/h4-6,9,11,14H,7-8H2,1-3H3. The molecule has 1 aromatic rings. The first-order chi connectivity index (χ1) is 6.47. The number of hydrogen-bond acceptors (Lipinski definition) is 3. The molecule has 0 aliphatic carbocycles. The third-order valence-corrected chi connectivity index (χ3v) is 1.83. The number of aliphatic hydroxyl groups excluding tert-OH is 1. The van der Waals surface area contributed by atoms with Crippen LogP contribution >= 0.6 is 0 Å². The van der Waals surface area contributed by atoms with Gasteiger partial charge in [0.05, 0.1) is 12.6 Å². The summed E-state index contributed by atoms with van der Waals surface area (Å²) < 4.78 is 1.73. The second-order valence-electron chi connectivity index (χ2n) is 4.51. The van der Waals surface area contributed by atoms with Crippen molar-refractivity contribution < 1.29 is 5.11 Å². The SMILES string of the molecule is CC(C)(C)NCC(O)Cn1cccn1. The van der Waals surface area contributed by atoms with Crippen LogP contribution in [0.2, 0.25) is 0 Å². The normalized spacial score (nSPS) is 14.3. The van der Waals surface area contributed by atoms with Gasteiger partial charge in [0, 0.05) is 24.5 Å². The highest BCUT2D eigenvalue weighted by molar-refractivity contribution is 4.79. The minimum absolute atomic E-state index is 0.0467. The molecule has 0 saturated heterocycles. The van der Waals surface area contributed by atoms with Crippen LogP contribution in [0, 0.1) is 0 Å². The van der Waals surface area contributed by atoms with Crippen LogP contribution in [-0.4, -0.2) is 33.1 Å². The molecule has 0 saturated carbocycles. The second kappa shape index (κ2) is 4.57. The van der Waals surface area contributed by atoms with Gasteiger partial charge in [0.15, 0.2) is 0 Å². The number of aromatic nitrogens is 2. The van der Waals surface area contributed by atoms with Crippen LogP contribution in [0.5, 0.6) is 0 Å². The highest BCUT2D eigenvalue weighted by Crippen LogP contribution is 1.99. The summed E-state index contributed by atoms with van der Waals surface area (Å²) in [5.41, 5.74) is 0.0467. The fourth-order valence-corrected chi connectivity index (χ4v) is 1.11. The largest absolute Gasteiger partial charge is 0.390 e. The molecule has 0 amide bonds. The van der Waals surface area contributed by atoms with Crippen LogP contribution in [0.3, 0.4) is 0 Å². The molecular formula is C10H19N3O. The van der Waals surface area contributed by atoms with E-state index < -0.39 is 6.10 Å². The van der Waals surface area contributed by atoms with Gasteiger partial charge in [-0.25, -0.2) is 0 Å². The van der Waals surface area contributed by atoms with Crippen molar-refractivity contribution in [3.63, 3.8) is 0 Å². The van der Waals surface area contributed by atoms with Crippen molar-refractivity contribution in [3.05, 3.63) is 18.5 Å². The highest BCUT2D eigenvalue weighted by atomic mass is 16.3. The Bertz CT molecular complexity index is 251. The zero-order valence-electron chi connectivity index (χ0n) is 9.07. The molecule has 4 nitrogen and oxygen atoms in total. The number of nitrogens with zero attached hydrogens (tertiary/aromatic N) is 2. The van der Waals surface area contributed by atoms with E-state index in [0.717, 1.165) is 0 Å². The highest BCUT2D eigenvalue weighted by Gasteiger charge is 2.12. The summed E-state index contributed by atoms with van der Waals surface area (Å²) >= 11 is 0. The lowest BCUT2D eigenvalue weighted by molar-refractivity contribution is 0.137. The molecule has 1 unspecified atom stereocenters. The summed E-state index contributed by atoms with van der Waals surface area (Å²) in [7, 11) is 0. The molecule has 0 aromatic carbocycles. The maximum Gasteiger partial charge on any atom is 0.0860 e. The van der Waals surface area contributed by atoms with Gasteiger partial charge in [-0.15, -0.1) is 0 Å². The van der Waals surface area contributed by atoms with Gasteiger partial charge in [-0.1, -0.05) is 0 Å². The van der Waals surface area contributed by atoms with Crippen molar-refractivity contribution in [2.75, 3.05) is 6.54 Å². The lowest BCUT2D eigenvalue weighted by Crippen LogP contribution is -2.42. The molecule has 0 aliphatic heterocycles. The quantitative estimate of drug-likeness (QED) is 0.744. The second-order valence-corrected chi connectivity index (χ2v) is 4.51. The van der Waals surface area contributed by atoms with E-state index in [4.69, 9.17) is 0 Å². The van der Waals surface area contributed by atoms with Crippen molar-refractivity contribution in [2.45, 2.75) is 39.0 Å². The lowest BCUT2D eigenvalue weighted by atomic mass is 10.1. The maximum atomic E-state index is 9.66. The average Bonchev–Trinajstić information content (AvgIpc) is 2.52. The topological polar surface area (TPSA) is 50.1 Å². The zero-order chi connectivity index (χ0) is 10.6. The van der Waals surface area contributed by atoms with E-state index in [1.54, 1.807) is 10.9 Å². The Hall–Kier alpha value is -0.870. The smallest absolute Gasteiger partial charge is 0.0860 e. The Morgan fingerprint density at radius 3 is 2.71 bits per heavy atom. The number of hydrogen-bond donors (Lipinski definition) is 2. The van der Waals surface area contributed by atoms with Crippen molar-refractivity contribution in [3.8, 4) is 0 Å². The van der Waals surface area contributed by atoms with Gasteiger partial charge in [-0.2, -0.15) is 5.10 Å². The number of nitrogens with one attached hydrogen (secondary N) is 1. The van der Waals surface area contributed by atoms with E-state index in [9.17, 15) is 5.11 Å². The molecular weight excluding hydrogens is 178 g/mol. The van der Waals surface area contributed by atoms with Crippen LogP contribution in [0.1, 0.15) is 20.8 Å². The third kappa shape index (κ3) is 4.39. The van der Waals surface area contributed by atoms with Gasteiger partial charge in [-0.3, -0.25) is 4.68 Å². The number of β-amino-alcohol motifs (C(OH)–C–C–N with tert-alkyl or cyclic N) is 1. The summed E-state index contributed by atoms with van der Waals surface area (Å²) in [6, 6.07) is 1.85. The predicted molar refractivity (Wildman–Crippen MR) is 56.0 cm³/mol. The van der Waals surface area contributed by atoms with E-state index in [2.05, 4.69) is 31.2 Å². The fourth-order valence-electron chi connectivity index (χ4n) is 1.11. The Kier molecular flexibility index (Phi) is 3.66. The average molecular weight is 197 g/mol. The minimum Gasteiger partial charge on any atom is -0.390 e. The first-order valence-corrected chi connectivity index (χ1v) is 4.88. The monoisotopic (exact) mass is 197 g/mol. The summed E-state index contributed by atoms with van der Waals surface area (Å²) in [5.74, 6) is 0. The molecule has 80 valence electrons. The summed E-state index contributed by atoms with van der Waals surface area (Å²) in [6.07, 6.45) is 3.17. The van der Waals surface area contributed by atoms with E-state index in [0.29, 0.717) is 13.1 Å². The molecule has 1 atom stereocenters. The van der Waals surface area contributed by atoms with Crippen LogP contribution in [0.4, 0.5) is 0 Å². The van der Waals surface area contributed by atoms with E-state index in [1.165, 1.54) is 0 Å². The summed E-state index contributed by atoms with van der Waals surface area (Å²) in [6.45, 7) is 7.36. The fraction of sp³-hybridized carbons (Fsp3) is 0.700. The number of rotatable bonds is 4. The van der Waals surface area contributed by atoms with Gasteiger partial charge in [0.2, 0.25) is 0 Å². The van der Waals surface area contributed by atoms with Crippen LogP contribution < -0.4 is 5.32 Å². The molecule has 4 heteroatoms. The maximum absolute atomic E-state index is 9.66. The summed E-state index contributed by atoms with van der Waals surface area (Å²) in [4.78, 5) is 0. The van der Waals surface area contributed by atoms with E-state index >= 15 is 0 Å². The van der Waals surface area contributed by atoms with Crippen LogP contribution in [0.15, 0.2) is 18.5 Å². The van der Waals surface area contributed by atoms with Gasteiger partial charge in [-0.05, 0) is 26.8 Å². The number of aliphatic hydroxyl groups is 1. The van der Waals surface area contributed by atoms with Gasteiger partial charge < -0.3 is 10.4 Å². The predicted octanol–water partition coefficient (Wildman–Crippen LogP) is 0.632. The Balaban J connectivity index is 2.26. The van der Waals surface area contributed by atoms with Gasteiger partial charge >= 0.3 is 0 Å². The minimum atomic E-state index is -0.394. The third-order valence-electron chi connectivity index (χ3n) is 1.83. The molecule has 14 heavy (non-hydrogen) atoms. The molecule has 2 N–H and O–H groups in total. The molecule has 0 fully saturated rings. The lowest BCUT2D eigenvalue weighted by Gasteiger charge is -2.22. The zero-order valence-corrected chi connectivity index (χ0v) is 9.07. The molecule has 1 heterocycles. The van der Waals surface area contributed by atoms with Gasteiger partial charge in [0.25, 0.3) is 0 Å². The van der Waals surface area contributed by atoms with E-state index in [-0.39, 0.29) is 5.54 Å². The first-order valence-electron chi connectivity index (χ1n) is 4.88. The molecule has 0 radical (unpaired) electrons. The molecule has 1 aromatic heterocycles. The molecule has 1 rings (SSSR count). The van der Waals surface area contributed by atoms with Gasteiger partial charge in [0.1, 0.15) is 0 Å². The van der Waals surface area contributed by atoms with Crippen LogP contribution in [0.25, 0.3) is 0 Å². The van der Waals surface area contributed by atoms with E-state index in [1.807, 2.05) is 12.3 Å². The molecule has 0 bridgehead atoms. The van der Waals surface area contributed by atoms with Crippen molar-refractivity contribution in [1.82, 2.24) is 15.1 Å². The van der Waals surface area contributed by atoms with Crippen LogP contribution in [-0.2, 0) is 6.54 Å².